The second kappa shape index (κ2) is 6.22. The van der Waals surface area contributed by atoms with E-state index in [1.54, 1.807) is 12.4 Å². The molecule has 26 heavy (non-hydrogen) atoms. The molecule has 5 rings (SSSR count). The molecular weight excluding hydrogens is 324 g/mol. The zero-order valence-corrected chi connectivity index (χ0v) is 14.4. The predicted octanol–water partition coefficient (Wildman–Crippen LogP) is 2.68. The number of aromatic nitrogens is 2. The number of nitrogens with one attached hydrogen (secondary N) is 2. The Morgan fingerprint density at radius 1 is 0.769 bits per heavy atom. The van der Waals surface area contributed by atoms with E-state index in [2.05, 4.69) is 73.1 Å². The summed E-state index contributed by atoms with van der Waals surface area (Å²) in [5.74, 6) is 1.93. The second-order valence-corrected chi connectivity index (χ2v) is 6.55. The lowest BCUT2D eigenvalue weighted by atomic mass is 10.0. The number of hydrogen-bond acceptors (Lipinski definition) is 6. The molecule has 0 spiro atoms. The standard InChI is InChI=1S/C20H20N6/c1-2-5-17-15(4-1)6-7-16-14-18(23-24-19(16)17)25-10-12-26(13-11-25)20-21-8-3-9-22-20/h1-9,14,23-24H,10-13H2. The maximum absolute atomic E-state index is 4.35. The van der Waals surface area contributed by atoms with Gasteiger partial charge in [-0.3, -0.25) is 10.9 Å². The maximum atomic E-state index is 4.35. The van der Waals surface area contributed by atoms with Crippen molar-refractivity contribution in [3.8, 4) is 0 Å². The Bertz CT molecular complexity index is 960. The first-order valence-corrected chi connectivity index (χ1v) is 8.91. The van der Waals surface area contributed by atoms with E-state index in [4.69, 9.17) is 0 Å². The largest absolute Gasteiger partial charge is 0.354 e. The van der Waals surface area contributed by atoms with Crippen LogP contribution in [0, 0.1) is 0 Å². The summed E-state index contributed by atoms with van der Waals surface area (Å²) in [5, 5.41) is 2.48. The van der Waals surface area contributed by atoms with Crippen LogP contribution in [0.4, 0.5) is 11.6 Å². The highest BCUT2D eigenvalue weighted by Crippen LogP contribution is 2.31. The van der Waals surface area contributed by atoms with Crippen LogP contribution in [0.2, 0.25) is 0 Å². The first-order chi connectivity index (χ1) is 12.9. The lowest BCUT2D eigenvalue weighted by Crippen LogP contribution is -2.49. The molecule has 0 aliphatic carbocycles. The number of anilines is 2. The van der Waals surface area contributed by atoms with Crippen molar-refractivity contribution in [1.29, 1.82) is 0 Å². The van der Waals surface area contributed by atoms with Gasteiger partial charge in [0.2, 0.25) is 5.95 Å². The normalized spacial score (nSPS) is 16.5. The molecule has 1 aromatic heterocycles. The van der Waals surface area contributed by atoms with E-state index in [1.165, 1.54) is 16.3 Å². The van der Waals surface area contributed by atoms with Crippen molar-refractivity contribution in [3.63, 3.8) is 0 Å². The Hall–Kier alpha value is -3.28. The van der Waals surface area contributed by atoms with E-state index in [-0.39, 0.29) is 0 Å². The van der Waals surface area contributed by atoms with Gasteiger partial charge >= 0.3 is 0 Å². The van der Waals surface area contributed by atoms with Crippen molar-refractivity contribution in [2.45, 2.75) is 0 Å². The van der Waals surface area contributed by atoms with Gasteiger partial charge in [0.25, 0.3) is 0 Å². The highest BCUT2D eigenvalue weighted by atomic mass is 15.5. The van der Waals surface area contributed by atoms with Crippen LogP contribution in [0.15, 0.2) is 60.7 Å². The van der Waals surface area contributed by atoms with Gasteiger partial charge in [-0.05, 0) is 17.5 Å². The molecule has 130 valence electrons. The third-order valence-corrected chi connectivity index (χ3v) is 5.02. The summed E-state index contributed by atoms with van der Waals surface area (Å²) >= 11 is 0. The van der Waals surface area contributed by atoms with E-state index in [9.17, 15) is 0 Å². The maximum Gasteiger partial charge on any atom is 0.225 e. The summed E-state index contributed by atoms with van der Waals surface area (Å²) < 4.78 is 0. The van der Waals surface area contributed by atoms with Gasteiger partial charge in [0.1, 0.15) is 5.82 Å². The third-order valence-electron chi connectivity index (χ3n) is 5.02. The van der Waals surface area contributed by atoms with Gasteiger partial charge in [-0.25, -0.2) is 9.97 Å². The minimum Gasteiger partial charge on any atom is -0.354 e. The lowest BCUT2D eigenvalue weighted by Gasteiger charge is -2.38. The van der Waals surface area contributed by atoms with Crippen molar-refractivity contribution in [2.75, 3.05) is 36.5 Å². The second-order valence-electron chi connectivity index (χ2n) is 6.55. The fourth-order valence-corrected chi connectivity index (χ4v) is 3.63. The predicted molar refractivity (Wildman–Crippen MR) is 105 cm³/mol. The van der Waals surface area contributed by atoms with Crippen LogP contribution >= 0.6 is 0 Å². The number of benzene rings is 2. The van der Waals surface area contributed by atoms with Crippen LogP contribution in [0.5, 0.6) is 0 Å². The first kappa shape index (κ1) is 15.0. The summed E-state index contributed by atoms with van der Waals surface area (Å²) in [5.41, 5.74) is 9.13. The van der Waals surface area contributed by atoms with Crippen LogP contribution in [0.25, 0.3) is 16.8 Å². The summed E-state index contributed by atoms with van der Waals surface area (Å²) in [6.45, 7) is 3.69. The van der Waals surface area contributed by atoms with Gasteiger partial charge in [-0.15, -0.1) is 0 Å². The molecule has 1 fully saturated rings. The number of piperazine rings is 1. The Kier molecular flexibility index (Phi) is 3.59. The van der Waals surface area contributed by atoms with Crippen molar-refractivity contribution < 1.29 is 0 Å². The smallest absolute Gasteiger partial charge is 0.225 e. The highest BCUT2D eigenvalue weighted by Gasteiger charge is 2.22. The molecule has 1 saturated heterocycles. The molecule has 2 N–H and O–H groups in total. The summed E-state index contributed by atoms with van der Waals surface area (Å²) in [6.07, 6.45) is 5.82. The number of rotatable bonds is 2. The third kappa shape index (κ3) is 2.60. The molecule has 0 atom stereocenters. The van der Waals surface area contributed by atoms with Gasteiger partial charge in [0.05, 0.1) is 5.69 Å². The molecule has 0 amide bonds. The zero-order chi connectivity index (χ0) is 17.3. The van der Waals surface area contributed by atoms with Crippen molar-refractivity contribution in [3.05, 3.63) is 66.2 Å². The Balaban J connectivity index is 1.36. The average molecular weight is 344 g/mol. The van der Waals surface area contributed by atoms with E-state index in [0.29, 0.717) is 0 Å². The molecule has 6 nitrogen and oxygen atoms in total. The molecule has 3 aromatic rings. The topological polar surface area (TPSA) is 56.3 Å². The fourth-order valence-electron chi connectivity index (χ4n) is 3.63. The quantitative estimate of drug-likeness (QED) is 0.745. The molecule has 0 radical (unpaired) electrons. The molecule has 6 heteroatoms. The van der Waals surface area contributed by atoms with Crippen molar-refractivity contribution in [2.24, 2.45) is 0 Å². The van der Waals surface area contributed by atoms with Gasteiger partial charge in [0, 0.05) is 49.5 Å². The highest BCUT2D eigenvalue weighted by molar-refractivity contribution is 5.98. The van der Waals surface area contributed by atoms with Crippen LogP contribution in [-0.4, -0.2) is 41.0 Å². The van der Waals surface area contributed by atoms with Gasteiger partial charge in [-0.1, -0.05) is 36.4 Å². The number of nitrogens with zero attached hydrogens (tertiary/aromatic N) is 4. The molecule has 2 aliphatic heterocycles. The van der Waals surface area contributed by atoms with E-state index in [0.717, 1.165) is 43.6 Å². The molecule has 0 saturated carbocycles. The molecule has 0 unspecified atom stereocenters. The van der Waals surface area contributed by atoms with Crippen LogP contribution in [-0.2, 0) is 0 Å². The minimum atomic E-state index is 0.813. The molecule has 3 heterocycles. The summed E-state index contributed by atoms with van der Waals surface area (Å²) in [6, 6.07) is 14.7. The SMILES string of the molecule is C1=C(N2CCN(c3ncccn3)CC2)NNc2c1ccc1ccccc21. The van der Waals surface area contributed by atoms with Gasteiger partial charge < -0.3 is 9.80 Å². The molecule has 0 bridgehead atoms. The fraction of sp³-hybridized carbons (Fsp3) is 0.200. The van der Waals surface area contributed by atoms with Crippen molar-refractivity contribution >= 4 is 28.5 Å². The van der Waals surface area contributed by atoms with Crippen molar-refractivity contribution in [1.82, 2.24) is 20.3 Å². The summed E-state index contributed by atoms with van der Waals surface area (Å²) in [7, 11) is 0. The Morgan fingerprint density at radius 3 is 2.38 bits per heavy atom. The average Bonchev–Trinajstić information content (AvgIpc) is 2.74. The van der Waals surface area contributed by atoms with E-state index < -0.39 is 0 Å². The van der Waals surface area contributed by atoms with E-state index >= 15 is 0 Å². The molecular formula is C20H20N6. The Labute approximate surface area is 152 Å². The monoisotopic (exact) mass is 344 g/mol. The number of fused-ring (bicyclic) bond motifs is 3. The van der Waals surface area contributed by atoms with Crippen LogP contribution in [0.3, 0.4) is 0 Å². The lowest BCUT2D eigenvalue weighted by molar-refractivity contribution is 0.305. The van der Waals surface area contributed by atoms with Gasteiger partial charge in [-0.2, -0.15) is 0 Å². The zero-order valence-electron chi connectivity index (χ0n) is 14.4. The van der Waals surface area contributed by atoms with Gasteiger partial charge in [0.15, 0.2) is 0 Å². The molecule has 2 aliphatic rings. The summed E-state index contributed by atoms with van der Waals surface area (Å²) in [4.78, 5) is 13.3. The first-order valence-electron chi connectivity index (χ1n) is 8.91. The number of hydrazine groups is 1. The van der Waals surface area contributed by atoms with Crippen LogP contribution < -0.4 is 15.8 Å². The molecule has 2 aromatic carbocycles. The number of hydrogen-bond donors (Lipinski definition) is 2. The van der Waals surface area contributed by atoms with E-state index in [1.807, 2.05) is 6.07 Å². The van der Waals surface area contributed by atoms with Crippen LogP contribution in [0.1, 0.15) is 5.56 Å². The minimum absolute atomic E-state index is 0.813. The Morgan fingerprint density at radius 2 is 1.54 bits per heavy atom.